The van der Waals surface area contributed by atoms with E-state index in [2.05, 4.69) is 13.5 Å². The number of aryl methyl sites for hydroxylation is 1. The maximum Gasteiger partial charge on any atom is 0.417 e. The number of furan rings is 1. The summed E-state index contributed by atoms with van der Waals surface area (Å²) in [5.74, 6) is 0.417. The Kier molecular flexibility index (Phi) is 8.75. The third-order valence-electron chi connectivity index (χ3n) is 5.62. The maximum atomic E-state index is 13.9. The van der Waals surface area contributed by atoms with E-state index in [1.807, 2.05) is 32.0 Å². The molecule has 0 aliphatic heterocycles. The molecule has 0 fully saturated rings. The number of ether oxygens (including phenoxy) is 1. The van der Waals surface area contributed by atoms with Crippen molar-refractivity contribution >= 4 is 28.7 Å². The number of esters is 1. The van der Waals surface area contributed by atoms with Crippen molar-refractivity contribution in [3.63, 3.8) is 0 Å². The fourth-order valence-corrected chi connectivity index (χ4v) is 4.65. The van der Waals surface area contributed by atoms with Gasteiger partial charge in [-0.1, -0.05) is 52.3 Å². The molecule has 0 atom stereocenters. The number of thioether (sulfide) groups is 1. The van der Waals surface area contributed by atoms with Gasteiger partial charge in [0.1, 0.15) is 11.3 Å². The van der Waals surface area contributed by atoms with Gasteiger partial charge in [-0.15, -0.1) is 11.8 Å². The van der Waals surface area contributed by atoms with Gasteiger partial charge in [0.25, 0.3) is 0 Å². The highest BCUT2D eigenvalue weighted by Gasteiger charge is 2.35. The number of hydrogen-bond donors (Lipinski definition) is 0. The second-order valence-corrected chi connectivity index (χ2v) is 10.5. The van der Waals surface area contributed by atoms with Crippen LogP contribution in [0.3, 0.4) is 0 Å². The van der Waals surface area contributed by atoms with Gasteiger partial charge in [-0.25, -0.2) is 4.79 Å². The molecule has 0 bridgehead atoms. The van der Waals surface area contributed by atoms with Crippen molar-refractivity contribution in [3.05, 3.63) is 66.2 Å². The van der Waals surface area contributed by atoms with E-state index < -0.39 is 17.7 Å². The largest absolute Gasteiger partial charge is 0.462 e. The van der Waals surface area contributed by atoms with E-state index in [9.17, 15) is 18.0 Å². The second kappa shape index (κ2) is 11.4. The normalized spacial score (nSPS) is 12.2. The molecule has 0 amide bonds. The molecule has 35 heavy (non-hydrogen) atoms. The van der Waals surface area contributed by atoms with Crippen LogP contribution >= 0.6 is 11.8 Å². The molecule has 0 unspecified atom stereocenters. The Balaban J connectivity index is 1.81. The molecule has 188 valence electrons. The first kappa shape index (κ1) is 26.9. The molecule has 1 heterocycles. The van der Waals surface area contributed by atoms with Crippen LogP contribution in [0.25, 0.3) is 22.3 Å². The van der Waals surface area contributed by atoms with E-state index in [0.717, 1.165) is 35.6 Å². The highest BCUT2D eigenvalue weighted by atomic mass is 32.2. The lowest BCUT2D eigenvalue weighted by molar-refractivity contribution is -0.140. The average Bonchev–Trinajstić information content (AvgIpc) is 3.24. The summed E-state index contributed by atoms with van der Waals surface area (Å²) >= 11 is 1.57. The van der Waals surface area contributed by atoms with Crippen molar-refractivity contribution < 1.29 is 27.1 Å². The van der Waals surface area contributed by atoms with Gasteiger partial charge in [0.15, 0.2) is 0 Å². The van der Waals surface area contributed by atoms with Crippen LogP contribution in [0.5, 0.6) is 0 Å². The van der Waals surface area contributed by atoms with Crippen molar-refractivity contribution in [1.82, 2.24) is 0 Å². The molecule has 1 aromatic heterocycles. The number of rotatable bonds is 11. The molecule has 0 N–H and O–H groups in total. The smallest absolute Gasteiger partial charge is 0.417 e. The van der Waals surface area contributed by atoms with Gasteiger partial charge in [0, 0.05) is 33.1 Å². The summed E-state index contributed by atoms with van der Waals surface area (Å²) in [5, 5.41) is 0.740. The van der Waals surface area contributed by atoms with Gasteiger partial charge in [0.05, 0.1) is 12.2 Å². The zero-order valence-electron chi connectivity index (χ0n) is 20.3. The van der Waals surface area contributed by atoms with Crippen LogP contribution in [0, 0.1) is 5.41 Å². The Bertz CT molecular complexity index is 1180. The number of carbonyl (C=O) groups excluding carboxylic acids is 1. The number of hydrogen-bond acceptors (Lipinski definition) is 4. The predicted molar refractivity (Wildman–Crippen MR) is 136 cm³/mol. The van der Waals surface area contributed by atoms with Crippen LogP contribution in [-0.2, 0) is 22.1 Å². The minimum absolute atomic E-state index is 0.0484. The fraction of sp³-hybridized carbons (Fsp3) is 0.393. The van der Waals surface area contributed by atoms with Crippen LogP contribution in [0.2, 0.25) is 0 Å². The monoisotopic (exact) mass is 504 g/mol. The summed E-state index contributed by atoms with van der Waals surface area (Å²) in [5.41, 5.74) is 0.322. The summed E-state index contributed by atoms with van der Waals surface area (Å²) in [4.78, 5) is 12.3. The standard InChI is InChI=1S/C28H31F3O3S/c1-5-7-8-9-19-10-13-22(23(14-19)28(29,30)31)25-15-20-11-12-21(16-24(20)34-25)35-18-27(3,4)17-33-26(32)6-2/h6,10-16H,2,5,7-9,17-18H2,1,3-4H3. The predicted octanol–water partition coefficient (Wildman–Crippen LogP) is 8.70. The number of fused-ring (bicyclic) bond motifs is 1. The van der Waals surface area contributed by atoms with Crippen molar-refractivity contribution in [1.29, 1.82) is 0 Å². The van der Waals surface area contributed by atoms with Crippen LogP contribution in [0.1, 0.15) is 51.2 Å². The Morgan fingerprint density at radius 2 is 1.89 bits per heavy atom. The lowest BCUT2D eigenvalue weighted by Gasteiger charge is -2.23. The molecular weight excluding hydrogens is 473 g/mol. The molecule has 0 radical (unpaired) electrons. The van der Waals surface area contributed by atoms with Crippen molar-refractivity contribution in [2.45, 2.75) is 57.5 Å². The van der Waals surface area contributed by atoms with Gasteiger partial charge in [-0.05, 0) is 48.7 Å². The van der Waals surface area contributed by atoms with E-state index in [1.165, 1.54) is 12.1 Å². The van der Waals surface area contributed by atoms with E-state index in [0.29, 0.717) is 23.3 Å². The Morgan fingerprint density at radius 3 is 2.57 bits per heavy atom. The molecule has 3 rings (SSSR count). The molecule has 0 aliphatic rings. The van der Waals surface area contributed by atoms with Crippen LogP contribution in [0.4, 0.5) is 13.2 Å². The maximum absolute atomic E-state index is 13.9. The summed E-state index contributed by atoms with van der Waals surface area (Å²) in [6.45, 7) is 9.70. The molecule has 7 heteroatoms. The van der Waals surface area contributed by atoms with Crippen molar-refractivity contribution in [2.24, 2.45) is 5.41 Å². The summed E-state index contributed by atoms with van der Waals surface area (Å²) in [7, 11) is 0. The fourth-order valence-electron chi connectivity index (χ4n) is 3.66. The number of unbranched alkanes of at least 4 members (excludes halogenated alkanes) is 2. The number of benzene rings is 2. The summed E-state index contributed by atoms with van der Waals surface area (Å²) in [6.07, 6.45) is 0.160. The number of halogens is 3. The topological polar surface area (TPSA) is 39.4 Å². The molecule has 0 saturated heterocycles. The first-order chi connectivity index (χ1) is 16.5. The second-order valence-electron chi connectivity index (χ2n) is 9.41. The molecule has 3 nitrogen and oxygen atoms in total. The van der Waals surface area contributed by atoms with Gasteiger partial charge in [-0.2, -0.15) is 13.2 Å². The molecular formula is C28H31F3O3S. The zero-order chi connectivity index (χ0) is 25.6. The van der Waals surface area contributed by atoms with E-state index >= 15 is 0 Å². The Hall–Kier alpha value is -2.67. The molecule has 0 aliphatic carbocycles. The van der Waals surface area contributed by atoms with Gasteiger partial charge in [-0.3, -0.25) is 0 Å². The molecule has 3 aromatic rings. The van der Waals surface area contributed by atoms with Crippen LogP contribution < -0.4 is 0 Å². The quantitative estimate of drug-likeness (QED) is 0.113. The molecule has 0 saturated carbocycles. The average molecular weight is 505 g/mol. The summed E-state index contributed by atoms with van der Waals surface area (Å²) in [6, 6.07) is 11.8. The Labute approximate surface area is 208 Å². The summed E-state index contributed by atoms with van der Waals surface area (Å²) < 4.78 is 52.7. The van der Waals surface area contributed by atoms with Crippen molar-refractivity contribution in [3.8, 4) is 11.3 Å². The highest BCUT2D eigenvalue weighted by molar-refractivity contribution is 7.99. The third-order valence-corrected chi connectivity index (χ3v) is 7.13. The molecule has 0 spiro atoms. The lowest BCUT2D eigenvalue weighted by atomic mass is 9.98. The minimum Gasteiger partial charge on any atom is -0.462 e. The molecule has 2 aromatic carbocycles. The lowest BCUT2D eigenvalue weighted by Crippen LogP contribution is -2.23. The highest BCUT2D eigenvalue weighted by Crippen LogP contribution is 2.40. The van der Waals surface area contributed by atoms with Crippen LogP contribution in [0.15, 0.2) is 64.4 Å². The Morgan fingerprint density at radius 1 is 1.11 bits per heavy atom. The van der Waals surface area contributed by atoms with Gasteiger partial charge >= 0.3 is 12.1 Å². The van der Waals surface area contributed by atoms with Crippen molar-refractivity contribution in [2.75, 3.05) is 12.4 Å². The van der Waals surface area contributed by atoms with E-state index in [4.69, 9.17) is 9.15 Å². The third kappa shape index (κ3) is 7.40. The first-order valence-electron chi connectivity index (χ1n) is 11.7. The van der Waals surface area contributed by atoms with Gasteiger partial charge < -0.3 is 9.15 Å². The minimum atomic E-state index is -4.48. The number of carbonyl (C=O) groups is 1. The number of alkyl halides is 3. The van der Waals surface area contributed by atoms with E-state index in [1.54, 1.807) is 23.9 Å². The first-order valence-corrected chi connectivity index (χ1v) is 12.7. The zero-order valence-corrected chi connectivity index (χ0v) is 21.2. The van der Waals surface area contributed by atoms with Crippen LogP contribution in [-0.4, -0.2) is 18.3 Å². The SMILES string of the molecule is C=CC(=O)OCC(C)(C)CSc1ccc2cc(-c3ccc(CCCCC)cc3C(F)(F)F)oc2c1. The van der Waals surface area contributed by atoms with Gasteiger partial charge in [0.2, 0.25) is 0 Å². The van der Waals surface area contributed by atoms with E-state index in [-0.39, 0.29) is 23.3 Å².